The first-order valence-corrected chi connectivity index (χ1v) is 5.44. The summed E-state index contributed by atoms with van der Waals surface area (Å²) in [6.45, 7) is 15.8. The average Bonchev–Trinajstić information content (AvgIpc) is 2.30. The van der Waals surface area contributed by atoms with Crippen molar-refractivity contribution in [2.45, 2.75) is 33.6 Å². The Morgan fingerprint density at radius 3 is 2.20 bits per heavy atom. The lowest BCUT2D eigenvalue weighted by atomic mass is 9.99. The van der Waals surface area contributed by atoms with E-state index in [-0.39, 0.29) is 0 Å². The zero-order chi connectivity index (χ0) is 11.8. The third kappa shape index (κ3) is 3.35. The fraction of sp³-hybridized carbons (Fsp3) is 0.357. The molecule has 0 bridgehead atoms. The fourth-order valence-electron chi connectivity index (χ4n) is 1.37. The Bertz CT molecular complexity index is 324. The minimum absolute atomic E-state index is 0.424. The van der Waals surface area contributed by atoms with Gasteiger partial charge in [0.05, 0.1) is 5.69 Å². The maximum absolute atomic E-state index is 4.34. The summed E-state index contributed by atoms with van der Waals surface area (Å²) in [4.78, 5) is 4.34. The van der Waals surface area contributed by atoms with Gasteiger partial charge in [0.2, 0.25) is 0 Å². The van der Waals surface area contributed by atoms with E-state index in [1.807, 2.05) is 38.3 Å². The smallest absolute Gasteiger partial charge is 0.0507 e. The molecule has 82 valence electrons. The molecule has 0 radical (unpaired) electrons. The second-order valence-electron chi connectivity index (χ2n) is 3.26. The van der Waals surface area contributed by atoms with Gasteiger partial charge in [-0.2, -0.15) is 0 Å². The quantitative estimate of drug-likeness (QED) is 0.704. The fourth-order valence-corrected chi connectivity index (χ4v) is 1.37. The first-order valence-electron chi connectivity index (χ1n) is 5.44. The summed E-state index contributed by atoms with van der Waals surface area (Å²) >= 11 is 0. The molecule has 0 fully saturated rings. The first-order chi connectivity index (χ1) is 7.20. The van der Waals surface area contributed by atoms with Crippen molar-refractivity contribution in [3.63, 3.8) is 0 Å². The van der Waals surface area contributed by atoms with Crippen molar-refractivity contribution < 1.29 is 0 Å². The summed E-state index contributed by atoms with van der Waals surface area (Å²) in [5.74, 6) is 0.424. The van der Waals surface area contributed by atoms with Crippen molar-refractivity contribution in [1.82, 2.24) is 4.98 Å². The molecule has 0 N–H and O–H groups in total. The zero-order valence-corrected chi connectivity index (χ0v) is 10.2. The van der Waals surface area contributed by atoms with Crippen LogP contribution in [-0.4, -0.2) is 4.98 Å². The molecule has 0 amide bonds. The van der Waals surface area contributed by atoms with E-state index < -0.39 is 0 Å². The predicted molar refractivity (Wildman–Crippen MR) is 69.9 cm³/mol. The number of aromatic nitrogens is 1. The van der Waals surface area contributed by atoms with Gasteiger partial charge in [0, 0.05) is 11.8 Å². The highest BCUT2D eigenvalue weighted by Crippen LogP contribution is 2.21. The van der Waals surface area contributed by atoms with Crippen molar-refractivity contribution in [3.05, 3.63) is 42.2 Å². The van der Waals surface area contributed by atoms with Gasteiger partial charge in [-0.15, -0.1) is 0 Å². The number of nitrogens with zero attached hydrogens (tertiary/aromatic N) is 1. The van der Waals surface area contributed by atoms with Gasteiger partial charge >= 0.3 is 0 Å². The van der Waals surface area contributed by atoms with Crippen molar-refractivity contribution in [2.75, 3.05) is 0 Å². The normalized spacial score (nSPS) is 9.13. The van der Waals surface area contributed by atoms with Gasteiger partial charge < -0.3 is 0 Å². The second kappa shape index (κ2) is 6.99. The van der Waals surface area contributed by atoms with Crippen LogP contribution in [0.4, 0.5) is 0 Å². The molecule has 1 rings (SSSR count). The minimum Gasteiger partial charge on any atom is -0.260 e. The highest BCUT2D eigenvalue weighted by molar-refractivity contribution is 5.65. The first kappa shape index (κ1) is 13.6. The molecule has 15 heavy (non-hydrogen) atoms. The number of pyridine rings is 1. The molecular formula is C14H21N. The van der Waals surface area contributed by atoms with Gasteiger partial charge in [0.15, 0.2) is 0 Å². The molecule has 0 aliphatic heterocycles. The van der Waals surface area contributed by atoms with Crippen LogP contribution in [0.3, 0.4) is 0 Å². The molecule has 0 saturated heterocycles. The third-order valence-electron chi connectivity index (χ3n) is 2.03. The van der Waals surface area contributed by atoms with Crippen LogP contribution in [0.5, 0.6) is 0 Å². The SMILES string of the molecule is C=Cc1ccnc(C(C)C)c1C=C.CC. The van der Waals surface area contributed by atoms with E-state index in [9.17, 15) is 0 Å². The molecule has 0 aromatic carbocycles. The summed E-state index contributed by atoms with van der Waals surface area (Å²) in [5, 5.41) is 0. The molecule has 0 unspecified atom stereocenters. The van der Waals surface area contributed by atoms with E-state index in [0.717, 1.165) is 16.8 Å². The topological polar surface area (TPSA) is 12.9 Å². The molecule has 0 aliphatic rings. The van der Waals surface area contributed by atoms with Gasteiger partial charge in [-0.1, -0.05) is 53.0 Å². The van der Waals surface area contributed by atoms with E-state index in [1.54, 1.807) is 0 Å². The summed E-state index contributed by atoms with van der Waals surface area (Å²) in [6, 6.07) is 1.95. The predicted octanol–water partition coefficient (Wildman–Crippen LogP) is 4.52. The zero-order valence-electron chi connectivity index (χ0n) is 10.2. The van der Waals surface area contributed by atoms with Crippen LogP contribution in [0, 0.1) is 0 Å². The van der Waals surface area contributed by atoms with E-state index in [1.165, 1.54) is 0 Å². The van der Waals surface area contributed by atoms with Gasteiger partial charge in [-0.05, 0) is 17.5 Å². The molecule has 1 heterocycles. The number of rotatable bonds is 3. The Labute approximate surface area is 93.6 Å². The van der Waals surface area contributed by atoms with Gasteiger partial charge in [0.25, 0.3) is 0 Å². The van der Waals surface area contributed by atoms with Crippen LogP contribution in [0.2, 0.25) is 0 Å². The maximum Gasteiger partial charge on any atom is 0.0507 e. The van der Waals surface area contributed by atoms with Gasteiger partial charge in [0.1, 0.15) is 0 Å². The Kier molecular flexibility index (Phi) is 6.35. The minimum atomic E-state index is 0.424. The highest BCUT2D eigenvalue weighted by atomic mass is 14.7. The largest absolute Gasteiger partial charge is 0.260 e. The van der Waals surface area contributed by atoms with Crippen LogP contribution in [0.1, 0.15) is 50.4 Å². The Balaban J connectivity index is 0.000000921. The summed E-state index contributed by atoms with van der Waals surface area (Å²) in [6.07, 6.45) is 5.50. The van der Waals surface area contributed by atoms with Crippen LogP contribution < -0.4 is 0 Å². The lowest BCUT2D eigenvalue weighted by molar-refractivity contribution is 0.819. The molecule has 0 aliphatic carbocycles. The lowest BCUT2D eigenvalue weighted by Gasteiger charge is -2.10. The molecule has 0 spiro atoms. The molecular weight excluding hydrogens is 182 g/mol. The molecule has 1 heteroatoms. The van der Waals surface area contributed by atoms with Gasteiger partial charge in [-0.3, -0.25) is 4.98 Å². The Hall–Kier alpha value is -1.37. The summed E-state index contributed by atoms with van der Waals surface area (Å²) in [5.41, 5.74) is 3.30. The van der Waals surface area contributed by atoms with E-state index >= 15 is 0 Å². The monoisotopic (exact) mass is 203 g/mol. The molecule has 0 saturated carbocycles. The molecule has 0 atom stereocenters. The maximum atomic E-state index is 4.34. The van der Waals surface area contributed by atoms with E-state index in [4.69, 9.17) is 0 Å². The average molecular weight is 203 g/mol. The van der Waals surface area contributed by atoms with Crippen LogP contribution in [-0.2, 0) is 0 Å². The van der Waals surface area contributed by atoms with Crippen molar-refractivity contribution in [2.24, 2.45) is 0 Å². The Morgan fingerprint density at radius 1 is 1.20 bits per heavy atom. The second-order valence-corrected chi connectivity index (χ2v) is 3.26. The lowest BCUT2D eigenvalue weighted by Crippen LogP contribution is -1.97. The van der Waals surface area contributed by atoms with Crippen LogP contribution in [0.15, 0.2) is 25.4 Å². The molecule has 1 aromatic rings. The summed E-state index contributed by atoms with van der Waals surface area (Å²) in [7, 11) is 0. The van der Waals surface area contributed by atoms with Crippen LogP contribution in [0.25, 0.3) is 12.2 Å². The molecule has 1 aromatic heterocycles. The van der Waals surface area contributed by atoms with Gasteiger partial charge in [-0.25, -0.2) is 0 Å². The Morgan fingerprint density at radius 2 is 1.80 bits per heavy atom. The van der Waals surface area contributed by atoms with Crippen molar-refractivity contribution >= 4 is 12.2 Å². The third-order valence-corrected chi connectivity index (χ3v) is 2.03. The number of hydrogen-bond acceptors (Lipinski definition) is 1. The van der Waals surface area contributed by atoms with Crippen molar-refractivity contribution in [3.8, 4) is 0 Å². The van der Waals surface area contributed by atoms with E-state index in [0.29, 0.717) is 5.92 Å². The van der Waals surface area contributed by atoms with Crippen LogP contribution >= 0.6 is 0 Å². The number of hydrogen-bond donors (Lipinski definition) is 0. The summed E-state index contributed by atoms with van der Waals surface area (Å²) < 4.78 is 0. The van der Waals surface area contributed by atoms with Crippen molar-refractivity contribution in [1.29, 1.82) is 0 Å². The van der Waals surface area contributed by atoms with E-state index in [2.05, 4.69) is 32.0 Å². The molecule has 1 nitrogen and oxygen atoms in total. The standard InChI is InChI=1S/C12H15N.C2H6/c1-5-10-7-8-13-12(9(3)4)11(10)6-2;1-2/h5-9H,1-2H2,3-4H3;1-2H3. The highest BCUT2D eigenvalue weighted by Gasteiger charge is 2.07.